The molecule has 1 heterocycles. The molecule has 1 amide bonds. The highest BCUT2D eigenvalue weighted by Crippen LogP contribution is 2.20. The van der Waals surface area contributed by atoms with Crippen LogP contribution < -0.4 is 10.0 Å². The number of nitrogens with zero attached hydrogens (tertiary/aromatic N) is 2. The molecule has 0 bridgehead atoms. The number of piperazine rings is 1. The van der Waals surface area contributed by atoms with Crippen LogP contribution in [0.3, 0.4) is 0 Å². The number of likely N-dealkylation sites (N-methyl/N-ethyl adjacent to an activating group) is 1. The lowest BCUT2D eigenvalue weighted by Crippen LogP contribution is -2.43. The molecule has 3 rings (SSSR count). The van der Waals surface area contributed by atoms with Gasteiger partial charge in [-0.25, -0.2) is 13.1 Å². The van der Waals surface area contributed by atoms with Crippen LogP contribution in [-0.4, -0.2) is 62.9 Å². The van der Waals surface area contributed by atoms with Crippen molar-refractivity contribution in [2.75, 3.05) is 38.5 Å². The molecule has 32 heavy (non-hydrogen) atoms. The lowest BCUT2D eigenvalue weighted by atomic mass is 10.1. The zero-order valence-electron chi connectivity index (χ0n) is 19.6. The van der Waals surface area contributed by atoms with Crippen LogP contribution in [0.5, 0.6) is 0 Å². The number of rotatable bonds is 6. The minimum Gasteiger partial charge on any atom is -0.322 e. The maximum Gasteiger partial charge on any atom is 0.255 e. The molecule has 1 aliphatic heterocycles. The summed E-state index contributed by atoms with van der Waals surface area (Å²) in [7, 11) is -1.60. The second-order valence-electron chi connectivity index (χ2n) is 9.57. The Morgan fingerprint density at radius 1 is 1.03 bits per heavy atom. The SMILES string of the molecule is Cc1ccc(S(=O)(=O)NC(C)(C)C)cc1C(=O)Nc1cccc(CN2CCN(C)CC2)c1. The molecule has 0 spiro atoms. The van der Waals surface area contributed by atoms with Gasteiger partial charge in [0.05, 0.1) is 4.90 Å². The second kappa shape index (κ2) is 9.70. The fourth-order valence-electron chi connectivity index (χ4n) is 3.68. The predicted molar refractivity (Wildman–Crippen MR) is 128 cm³/mol. The molecule has 0 aliphatic carbocycles. The van der Waals surface area contributed by atoms with Crippen LogP contribution in [0.4, 0.5) is 5.69 Å². The van der Waals surface area contributed by atoms with Crippen molar-refractivity contribution >= 4 is 21.6 Å². The fourth-order valence-corrected chi connectivity index (χ4v) is 5.13. The highest BCUT2D eigenvalue weighted by atomic mass is 32.2. The van der Waals surface area contributed by atoms with Gasteiger partial charge in [-0.1, -0.05) is 18.2 Å². The van der Waals surface area contributed by atoms with E-state index < -0.39 is 15.6 Å². The van der Waals surface area contributed by atoms with Crippen LogP contribution in [0.2, 0.25) is 0 Å². The molecule has 0 radical (unpaired) electrons. The Kier molecular flexibility index (Phi) is 7.39. The van der Waals surface area contributed by atoms with E-state index in [0.717, 1.165) is 38.3 Å². The maximum atomic E-state index is 13.0. The van der Waals surface area contributed by atoms with Crippen LogP contribution in [0.15, 0.2) is 47.4 Å². The van der Waals surface area contributed by atoms with E-state index >= 15 is 0 Å². The van der Waals surface area contributed by atoms with Crippen LogP contribution in [-0.2, 0) is 16.6 Å². The third-order valence-electron chi connectivity index (χ3n) is 5.39. The van der Waals surface area contributed by atoms with Gasteiger partial charge in [0.2, 0.25) is 10.0 Å². The molecule has 7 nitrogen and oxygen atoms in total. The Bertz CT molecular complexity index is 1070. The highest BCUT2D eigenvalue weighted by molar-refractivity contribution is 7.89. The van der Waals surface area contributed by atoms with Crippen molar-refractivity contribution in [1.82, 2.24) is 14.5 Å². The first-order chi connectivity index (χ1) is 14.9. The molecule has 2 aromatic carbocycles. The normalized spacial score (nSPS) is 16.2. The van der Waals surface area contributed by atoms with Gasteiger partial charge in [-0.2, -0.15) is 0 Å². The summed E-state index contributed by atoms with van der Waals surface area (Å²) in [6.07, 6.45) is 0. The number of aryl methyl sites for hydroxylation is 1. The van der Waals surface area contributed by atoms with Crippen molar-refractivity contribution in [3.05, 3.63) is 59.2 Å². The summed E-state index contributed by atoms with van der Waals surface area (Å²) in [6, 6.07) is 12.4. The molecule has 8 heteroatoms. The number of anilines is 1. The van der Waals surface area contributed by atoms with E-state index in [2.05, 4.69) is 33.0 Å². The van der Waals surface area contributed by atoms with Crippen LogP contribution in [0, 0.1) is 6.92 Å². The molecule has 2 N–H and O–H groups in total. The van der Waals surface area contributed by atoms with Crippen molar-refractivity contribution in [1.29, 1.82) is 0 Å². The largest absolute Gasteiger partial charge is 0.322 e. The van der Waals surface area contributed by atoms with Crippen LogP contribution >= 0.6 is 0 Å². The summed E-state index contributed by atoms with van der Waals surface area (Å²) >= 11 is 0. The predicted octanol–water partition coefficient (Wildman–Crippen LogP) is 3.07. The molecule has 1 saturated heterocycles. The van der Waals surface area contributed by atoms with E-state index in [1.807, 2.05) is 18.2 Å². The average molecular weight is 459 g/mol. The number of carbonyl (C=O) groups excluding carboxylic acids is 1. The van der Waals surface area contributed by atoms with Crippen LogP contribution in [0.25, 0.3) is 0 Å². The first-order valence-electron chi connectivity index (χ1n) is 10.9. The summed E-state index contributed by atoms with van der Waals surface area (Å²) in [4.78, 5) is 17.8. The highest BCUT2D eigenvalue weighted by Gasteiger charge is 2.23. The topological polar surface area (TPSA) is 81.7 Å². The summed E-state index contributed by atoms with van der Waals surface area (Å²) in [6.45, 7) is 12.1. The van der Waals surface area contributed by atoms with E-state index in [-0.39, 0.29) is 10.8 Å². The third-order valence-corrected chi connectivity index (χ3v) is 7.15. The monoisotopic (exact) mass is 458 g/mol. The molecule has 1 fully saturated rings. The van der Waals surface area contributed by atoms with E-state index in [4.69, 9.17) is 0 Å². The Hall–Kier alpha value is -2.26. The van der Waals surface area contributed by atoms with Crippen molar-refractivity contribution in [3.8, 4) is 0 Å². The standard InChI is InChI=1S/C24H34N4O3S/c1-18-9-10-21(32(30,31)26-24(2,3)4)16-22(18)23(29)25-20-8-6-7-19(15-20)17-28-13-11-27(5)12-14-28/h6-10,15-16,26H,11-14,17H2,1-5H3,(H,25,29). The van der Waals surface area contributed by atoms with Gasteiger partial charge in [0.25, 0.3) is 5.91 Å². The first kappa shape index (κ1) is 24.4. The molecular formula is C24H34N4O3S. The molecule has 174 valence electrons. The van der Waals surface area contributed by atoms with Crippen molar-refractivity contribution in [2.45, 2.75) is 44.7 Å². The van der Waals surface area contributed by atoms with Crippen molar-refractivity contribution in [3.63, 3.8) is 0 Å². The molecule has 1 aliphatic rings. The summed E-state index contributed by atoms with van der Waals surface area (Å²) < 4.78 is 28.0. The minimum absolute atomic E-state index is 0.0759. The van der Waals surface area contributed by atoms with Crippen molar-refractivity contribution < 1.29 is 13.2 Å². The summed E-state index contributed by atoms with van der Waals surface area (Å²) in [5.41, 5.74) is 2.27. The third kappa shape index (κ3) is 6.62. The lowest BCUT2D eigenvalue weighted by Gasteiger charge is -2.32. The zero-order valence-corrected chi connectivity index (χ0v) is 20.4. The number of sulfonamides is 1. The van der Waals surface area contributed by atoms with Gasteiger partial charge in [0.15, 0.2) is 0 Å². The van der Waals surface area contributed by atoms with E-state index in [9.17, 15) is 13.2 Å². The van der Waals surface area contributed by atoms with Gasteiger partial charge < -0.3 is 10.2 Å². The zero-order chi connectivity index (χ0) is 23.5. The Morgan fingerprint density at radius 3 is 2.38 bits per heavy atom. The first-order valence-corrected chi connectivity index (χ1v) is 12.4. The Morgan fingerprint density at radius 2 is 1.72 bits per heavy atom. The molecule has 0 aromatic heterocycles. The van der Waals surface area contributed by atoms with Gasteiger partial charge in [0, 0.05) is 49.5 Å². The maximum absolute atomic E-state index is 13.0. The summed E-state index contributed by atoms with van der Waals surface area (Å²) in [5, 5.41) is 2.93. The quantitative estimate of drug-likeness (QED) is 0.695. The minimum atomic E-state index is -3.73. The van der Waals surface area contributed by atoms with E-state index in [1.54, 1.807) is 33.8 Å². The van der Waals surface area contributed by atoms with E-state index in [0.29, 0.717) is 16.8 Å². The average Bonchev–Trinajstić information content (AvgIpc) is 2.68. The van der Waals surface area contributed by atoms with Gasteiger partial charge in [-0.05, 0) is 70.1 Å². The molecular weight excluding hydrogens is 424 g/mol. The smallest absolute Gasteiger partial charge is 0.255 e. The number of carbonyl (C=O) groups is 1. The number of hydrogen-bond acceptors (Lipinski definition) is 5. The Balaban J connectivity index is 1.74. The fraction of sp³-hybridized carbons (Fsp3) is 0.458. The second-order valence-corrected chi connectivity index (χ2v) is 11.2. The van der Waals surface area contributed by atoms with Gasteiger partial charge in [-0.15, -0.1) is 0 Å². The number of benzene rings is 2. The van der Waals surface area contributed by atoms with E-state index in [1.165, 1.54) is 12.1 Å². The summed E-state index contributed by atoms with van der Waals surface area (Å²) in [5.74, 6) is -0.327. The van der Waals surface area contributed by atoms with Crippen LogP contribution in [0.1, 0.15) is 42.3 Å². The Labute approximate surface area is 191 Å². The number of amides is 1. The molecule has 0 atom stereocenters. The van der Waals surface area contributed by atoms with Crippen molar-refractivity contribution in [2.24, 2.45) is 0 Å². The number of nitrogens with one attached hydrogen (secondary N) is 2. The number of hydrogen-bond donors (Lipinski definition) is 2. The molecule has 0 saturated carbocycles. The van der Waals surface area contributed by atoms with Gasteiger partial charge in [0.1, 0.15) is 0 Å². The van der Waals surface area contributed by atoms with Gasteiger partial charge >= 0.3 is 0 Å². The molecule has 2 aromatic rings. The lowest BCUT2D eigenvalue weighted by molar-refractivity contribution is 0.102. The molecule has 0 unspecified atom stereocenters. The van der Waals surface area contributed by atoms with Gasteiger partial charge in [-0.3, -0.25) is 9.69 Å².